The molecule has 1 atom stereocenters. The molecule has 8 aromatic carbocycles. The number of oxazole rings is 3. The van der Waals surface area contributed by atoms with E-state index >= 15 is 0 Å². The molecule has 141 heavy (non-hydrogen) atoms. The van der Waals surface area contributed by atoms with E-state index in [-0.39, 0.29) is 97.6 Å². The largest absolute Gasteiger partial charge is 0.457 e. The summed E-state index contributed by atoms with van der Waals surface area (Å²) >= 11 is 1.25. The average Bonchev–Trinajstić information content (AvgIpc) is 1.64. The number of sulfone groups is 1. The van der Waals surface area contributed by atoms with Gasteiger partial charge in [0.05, 0.1) is 18.0 Å². The number of amides is 8. The van der Waals surface area contributed by atoms with Crippen LogP contribution >= 0.6 is 22.2 Å². The van der Waals surface area contributed by atoms with Crippen molar-refractivity contribution in [2.75, 3.05) is 74.5 Å². The van der Waals surface area contributed by atoms with Crippen molar-refractivity contribution < 1.29 is 105 Å². The lowest BCUT2D eigenvalue weighted by atomic mass is 10.1. The predicted octanol–water partition coefficient (Wildman–Crippen LogP) is 17.0. The maximum atomic E-state index is 13.4. The van der Waals surface area contributed by atoms with Crippen LogP contribution in [0.1, 0.15) is 83.8 Å². The van der Waals surface area contributed by atoms with Gasteiger partial charge in [-0.1, -0.05) is 17.6 Å². The highest BCUT2D eigenvalue weighted by molar-refractivity contribution is 8.13. The summed E-state index contributed by atoms with van der Waals surface area (Å²) in [6.07, 6.45) is 12.4. The zero-order chi connectivity index (χ0) is 101. The third-order valence-electron chi connectivity index (χ3n) is 19.1. The van der Waals surface area contributed by atoms with E-state index in [4.69, 9.17) is 32.2 Å². The highest BCUT2D eigenvalue weighted by Crippen LogP contribution is 2.37. The Bertz CT molecular complexity index is 7340. The number of pyridine rings is 4. The van der Waals surface area contributed by atoms with Gasteiger partial charge in [-0.15, -0.1) is 10.5 Å². The smallest absolute Gasteiger partial charge is 0.315 e. The molecule has 0 saturated carbocycles. The summed E-state index contributed by atoms with van der Waals surface area (Å²) in [4.78, 5) is 127. The van der Waals surface area contributed by atoms with E-state index in [0.717, 1.165) is 30.8 Å². The quantitative estimate of drug-likeness (QED) is 0.0128. The Hall–Kier alpha value is -17.7. The number of nitrogens with one attached hydrogen (secondary N) is 8. The van der Waals surface area contributed by atoms with Crippen LogP contribution in [0.25, 0.3) is 45.2 Å². The molecule has 0 bridgehead atoms. The number of benzene rings is 8. The third-order valence-corrected chi connectivity index (χ3v) is 22.1. The number of ether oxygens (including phenoxy) is 4. The number of carbonyl (C=O) groups is 8. The second-order valence-corrected chi connectivity index (χ2v) is 35.4. The first-order valence-electron chi connectivity index (χ1n) is 41.2. The summed E-state index contributed by atoms with van der Waals surface area (Å²) in [7, 11) is -2.15. The summed E-state index contributed by atoms with van der Waals surface area (Å²) in [5, 5.41) is 24.9. The van der Waals surface area contributed by atoms with E-state index in [1.807, 2.05) is 6.26 Å². The fraction of sp³-hybridized carbons (Fsp3) is 0.0825. The van der Waals surface area contributed by atoms with Gasteiger partial charge in [0.25, 0.3) is 62.5 Å². The van der Waals surface area contributed by atoms with Crippen molar-refractivity contribution in [2.24, 2.45) is 0 Å². The molecule has 16 rings (SSSR count). The zero-order valence-electron chi connectivity index (χ0n) is 75.1. The number of hydrogen-bond donors (Lipinski definition) is 8. The Balaban J connectivity index is 0.000000158. The van der Waals surface area contributed by atoms with Gasteiger partial charge in [-0.3, -0.25) is 58.3 Å². The highest BCUT2D eigenvalue weighted by Gasteiger charge is 2.30. The van der Waals surface area contributed by atoms with Crippen LogP contribution in [0.15, 0.2) is 303 Å². The first-order chi connectivity index (χ1) is 67.6. The lowest BCUT2D eigenvalue weighted by Crippen LogP contribution is -2.18. The maximum Gasteiger partial charge on any atom is 0.315 e. The molecule has 0 aliphatic heterocycles. The molecule has 8 aromatic heterocycles. The van der Waals surface area contributed by atoms with E-state index in [2.05, 4.69) is 88.4 Å². The molecule has 16 aromatic rings. The molecule has 1 unspecified atom stereocenters. The number of aromatic nitrogens is 9. The minimum atomic E-state index is -3.85. The Kier molecular flexibility index (Phi) is 32.7. The van der Waals surface area contributed by atoms with Gasteiger partial charge in [0, 0.05) is 129 Å². The van der Waals surface area contributed by atoms with Crippen molar-refractivity contribution in [3.8, 4) is 91.2 Å². The van der Waals surface area contributed by atoms with E-state index in [1.165, 1.54) is 174 Å². The van der Waals surface area contributed by atoms with Gasteiger partial charge in [0.2, 0.25) is 15.1 Å². The van der Waals surface area contributed by atoms with Gasteiger partial charge in [-0.2, -0.15) is 24.1 Å². The standard InChI is InChI=1S/C25H21FN4O4S.C24H20FN5O5S.C24H19FN4O6S.C24H19FN4O4S/c1-27-23(31)20-14-19(12-13-28-20)33-18-10-8-17(9-11-18)29-24(32)21-22(34-25(30-21)35(2)3)15-4-6-16(26)7-5-15;1-26-24(32)21-13-19(11-12-27-21)35-18-9-7-17(8-10-18)28-23(31)20-14-30(36(2,33)34)29-22(20)15-3-5-16(25)6-4-15;1-26-22(30)19-13-18(11-12-27-19)34-17-9-7-16(8-10-17)28-23(31)20-21(14-3-5-15(25)6-4-14)35-24(29-20)36(2,32)33;1-26-22(30)19-13-18(11-12-27-19)32-17-9-7-16(8-10-17)28-23(31)20-21(33-24(29-20)34-2)14-3-5-15(25)6-4-14/h4-14H,2H2,1,3H3,(H,27,31)(H,29,32);3-14H,1-2H3,(H,26,32)(H,28,31);3-13H,1-2H3,(H,26,30)(H,28,31);3-13H,1-2H3,(H,26,30)(H,28,31). The van der Waals surface area contributed by atoms with Crippen LogP contribution in [-0.4, -0.2) is 167 Å². The van der Waals surface area contributed by atoms with Crippen LogP contribution < -0.4 is 61.5 Å². The van der Waals surface area contributed by atoms with Crippen molar-refractivity contribution in [1.82, 2.24) is 65.3 Å². The van der Waals surface area contributed by atoms with Crippen molar-refractivity contribution in [3.05, 3.63) is 342 Å². The van der Waals surface area contributed by atoms with Gasteiger partial charge in [0.15, 0.2) is 34.4 Å². The number of thioether (sulfide) groups is 1. The number of halogens is 4. The Morgan fingerprint density at radius 1 is 0.369 bits per heavy atom. The number of carbonyl (C=O) groups excluding carboxylic acids is 8. The molecule has 0 spiro atoms. The molecule has 8 heterocycles. The molecule has 8 N–H and O–H groups in total. The average molecular weight is 1990 g/mol. The van der Waals surface area contributed by atoms with E-state index < -0.39 is 82.5 Å². The minimum Gasteiger partial charge on any atom is -0.457 e. The van der Waals surface area contributed by atoms with Crippen LogP contribution in [0, 0.1) is 23.3 Å². The monoisotopic (exact) mass is 1990 g/mol. The number of hydrogen-bond acceptors (Lipinski definition) is 28. The Morgan fingerprint density at radius 3 is 0.957 bits per heavy atom. The molecular formula is C97H79F4N17O19S4. The Labute approximate surface area is 807 Å². The molecule has 0 fully saturated rings. The summed E-state index contributed by atoms with van der Waals surface area (Å²) in [5.74, 6) is 2.44. The van der Waals surface area contributed by atoms with Gasteiger partial charge < -0.3 is 74.7 Å². The van der Waals surface area contributed by atoms with Gasteiger partial charge >= 0.3 is 5.22 Å². The van der Waals surface area contributed by atoms with Crippen molar-refractivity contribution in [2.45, 2.75) is 15.7 Å². The summed E-state index contributed by atoms with van der Waals surface area (Å²) < 4.78 is 142. The number of nitrogens with zero attached hydrogens (tertiary/aromatic N) is 9. The van der Waals surface area contributed by atoms with E-state index in [0.29, 0.717) is 100.0 Å². The van der Waals surface area contributed by atoms with Crippen LogP contribution in [0.5, 0.6) is 46.0 Å². The lowest BCUT2D eigenvalue weighted by Gasteiger charge is -2.09. The third kappa shape index (κ3) is 27.0. The number of rotatable bonds is 28. The van der Waals surface area contributed by atoms with Gasteiger partial charge in [-0.25, -0.2) is 34.4 Å². The molecule has 36 nitrogen and oxygen atoms in total. The molecule has 0 radical (unpaired) electrons. The topological polar surface area (TPSA) is 485 Å². The van der Waals surface area contributed by atoms with Crippen molar-refractivity contribution in [3.63, 3.8) is 0 Å². The van der Waals surface area contributed by atoms with Crippen molar-refractivity contribution >= 4 is 118 Å². The first kappa shape index (κ1) is 101. The summed E-state index contributed by atoms with van der Waals surface area (Å²) in [5.41, 5.74) is 4.33. The SMILES string of the molecule is C=S(C)c1nc(C(=O)Nc2ccc(Oc3ccnc(C(=O)NC)c3)cc2)c(-c2ccc(F)cc2)o1.CNC(=O)c1cc(Oc2ccc(NC(=O)c3cn(S(C)(=O)=O)nc3-c3ccc(F)cc3)cc2)ccn1.CNC(=O)c1cc(Oc2ccc(NC(=O)c3nc(S(C)(=O)=O)oc3-c3ccc(F)cc3)cc2)ccn1.CNC(=O)c1cc(Oc2ccc(NC(=O)c3nc(SC)oc3-c3ccc(F)cc3)cc2)ccn1. The minimum absolute atomic E-state index is 0.00845. The normalized spacial score (nSPS) is 11.1. The zero-order valence-corrected chi connectivity index (χ0v) is 78.4. The first-order valence-corrected chi connectivity index (χ1v) is 48.0. The Morgan fingerprint density at radius 2 is 0.660 bits per heavy atom. The fourth-order valence-corrected chi connectivity index (χ4v) is 14.1. The van der Waals surface area contributed by atoms with Gasteiger partial charge in [-0.05, 0) is 231 Å². The van der Waals surface area contributed by atoms with E-state index in [9.17, 15) is 72.8 Å². The maximum absolute atomic E-state index is 13.4. The molecule has 0 aliphatic rings. The fourth-order valence-electron chi connectivity index (χ4n) is 12.3. The molecule has 718 valence electrons. The van der Waals surface area contributed by atoms with E-state index in [1.54, 1.807) is 128 Å². The van der Waals surface area contributed by atoms with Crippen LogP contribution in [0.2, 0.25) is 0 Å². The van der Waals surface area contributed by atoms with Gasteiger partial charge in [0.1, 0.15) is 97.7 Å². The molecular weight excluding hydrogens is 1910 g/mol. The summed E-state index contributed by atoms with van der Waals surface area (Å²) in [6, 6.07) is 59.9. The summed E-state index contributed by atoms with van der Waals surface area (Å²) in [6.45, 7) is 0. The molecule has 0 saturated heterocycles. The number of anilines is 4. The molecule has 8 amide bonds. The van der Waals surface area contributed by atoms with Crippen molar-refractivity contribution in [1.29, 1.82) is 0 Å². The second-order valence-electron chi connectivity index (χ2n) is 29.3. The molecule has 44 heteroatoms. The van der Waals surface area contributed by atoms with Crippen LogP contribution in [-0.2, 0) is 19.9 Å². The van der Waals surface area contributed by atoms with Crippen LogP contribution in [0.3, 0.4) is 0 Å². The van der Waals surface area contributed by atoms with Crippen LogP contribution in [0.4, 0.5) is 40.3 Å². The predicted molar refractivity (Wildman–Crippen MR) is 516 cm³/mol. The second kappa shape index (κ2) is 45.8. The lowest BCUT2D eigenvalue weighted by molar-refractivity contribution is 0.0950. The molecule has 0 aliphatic carbocycles. The highest BCUT2D eigenvalue weighted by atomic mass is 32.2.